The van der Waals surface area contributed by atoms with Gasteiger partial charge in [0.05, 0.1) is 17.2 Å². The number of ether oxygens (including phenoxy) is 1. The second kappa shape index (κ2) is 6.60. The predicted molar refractivity (Wildman–Crippen MR) is 98.7 cm³/mol. The van der Waals surface area contributed by atoms with E-state index in [0.29, 0.717) is 15.8 Å². The molecule has 1 aliphatic rings. The van der Waals surface area contributed by atoms with Gasteiger partial charge in [-0.2, -0.15) is 0 Å². The molecule has 4 nitrogen and oxygen atoms in total. The van der Waals surface area contributed by atoms with Crippen LogP contribution in [-0.2, 0) is 11.8 Å². The zero-order valence-electron chi connectivity index (χ0n) is 12.9. The summed E-state index contributed by atoms with van der Waals surface area (Å²) in [6.07, 6.45) is 3.81. The lowest BCUT2D eigenvalue weighted by molar-refractivity contribution is -0.113. The van der Waals surface area contributed by atoms with E-state index >= 15 is 0 Å². The van der Waals surface area contributed by atoms with Gasteiger partial charge in [-0.05, 0) is 49.4 Å². The minimum Gasteiger partial charge on any atom is -0.494 e. The molecule has 1 aromatic heterocycles. The third kappa shape index (κ3) is 3.18. The van der Waals surface area contributed by atoms with Gasteiger partial charge < -0.3 is 9.30 Å². The molecule has 0 aliphatic carbocycles. The Hall–Kier alpha value is -2.05. The van der Waals surface area contributed by atoms with Crippen LogP contribution in [0.3, 0.4) is 0 Å². The average Bonchev–Trinajstić information content (AvgIpc) is 3.05. The lowest BCUT2D eigenvalue weighted by Gasteiger charge is -2.15. The zero-order valence-corrected chi connectivity index (χ0v) is 14.5. The van der Waals surface area contributed by atoms with Crippen molar-refractivity contribution in [3.8, 4) is 5.75 Å². The van der Waals surface area contributed by atoms with Crippen molar-refractivity contribution in [1.82, 2.24) is 4.57 Å². The van der Waals surface area contributed by atoms with Crippen LogP contribution in [0.2, 0.25) is 0 Å². The average molecular weight is 344 g/mol. The first kappa shape index (κ1) is 15.8. The summed E-state index contributed by atoms with van der Waals surface area (Å²) in [6.45, 7) is 2.55. The molecule has 1 saturated heterocycles. The molecule has 0 radical (unpaired) electrons. The van der Waals surface area contributed by atoms with Crippen molar-refractivity contribution >= 4 is 46.0 Å². The fourth-order valence-corrected chi connectivity index (χ4v) is 3.59. The molecule has 2 heterocycles. The van der Waals surface area contributed by atoms with Crippen molar-refractivity contribution in [2.24, 2.45) is 7.05 Å². The van der Waals surface area contributed by atoms with E-state index in [-0.39, 0.29) is 5.91 Å². The van der Waals surface area contributed by atoms with E-state index in [0.717, 1.165) is 17.1 Å². The molecule has 0 N–H and O–H groups in total. The summed E-state index contributed by atoms with van der Waals surface area (Å²) in [5.74, 6) is 0.686. The van der Waals surface area contributed by atoms with Crippen LogP contribution in [0.15, 0.2) is 47.5 Å². The van der Waals surface area contributed by atoms with E-state index in [9.17, 15) is 4.79 Å². The molecule has 1 aliphatic heterocycles. The van der Waals surface area contributed by atoms with Gasteiger partial charge in [0.25, 0.3) is 5.91 Å². The Morgan fingerprint density at radius 1 is 1.26 bits per heavy atom. The number of anilines is 1. The highest BCUT2D eigenvalue weighted by Crippen LogP contribution is 2.36. The molecule has 118 valence electrons. The minimum atomic E-state index is -0.0923. The highest BCUT2D eigenvalue weighted by Gasteiger charge is 2.33. The lowest BCUT2D eigenvalue weighted by Crippen LogP contribution is -2.27. The van der Waals surface area contributed by atoms with Gasteiger partial charge in [-0.1, -0.05) is 24.0 Å². The number of thiocarbonyl (C=S) groups is 1. The van der Waals surface area contributed by atoms with Crippen LogP contribution in [0.5, 0.6) is 5.75 Å². The Bertz CT molecular complexity index is 778. The molecule has 23 heavy (non-hydrogen) atoms. The number of hydrogen-bond acceptors (Lipinski definition) is 4. The Kier molecular flexibility index (Phi) is 4.54. The molecule has 0 spiro atoms. The minimum absolute atomic E-state index is 0.0923. The number of rotatable bonds is 4. The number of carbonyl (C=O) groups is 1. The van der Waals surface area contributed by atoms with Crippen molar-refractivity contribution in [1.29, 1.82) is 0 Å². The van der Waals surface area contributed by atoms with E-state index < -0.39 is 0 Å². The van der Waals surface area contributed by atoms with Crippen molar-refractivity contribution < 1.29 is 9.53 Å². The van der Waals surface area contributed by atoms with Crippen molar-refractivity contribution in [3.63, 3.8) is 0 Å². The Labute approximate surface area is 144 Å². The summed E-state index contributed by atoms with van der Waals surface area (Å²) >= 11 is 6.70. The van der Waals surface area contributed by atoms with Crippen LogP contribution in [0, 0.1) is 0 Å². The second-order valence-electron chi connectivity index (χ2n) is 4.99. The monoisotopic (exact) mass is 344 g/mol. The first-order valence-electron chi connectivity index (χ1n) is 7.22. The number of aryl methyl sites for hydroxylation is 1. The molecule has 2 aromatic rings. The Morgan fingerprint density at radius 3 is 2.61 bits per heavy atom. The van der Waals surface area contributed by atoms with E-state index in [1.54, 1.807) is 4.90 Å². The second-order valence-corrected chi connectivity index (χ2v) is 6.66. The number of hydrogen-bond donors (Lipinski definition) is 0. The summed E-state index contributed by atoms with van der Waals surface area (Å²) < 4.78 is 7.93. The number of carbonyl (C=O) groups excluding carboxylic acids is 1. The predicted octanol–water partition coefficient (Wildman–Crippen LogP) is 3.83. The van der Waals surface area contributed by atoms with Crippen LogP contribution >= 0.6 is 24.0 Å². The molecule has 3 rings (SSSR count). The van der Waals surface area contributed by atoms with Crippen LogP contribution in [0.1, 0.15) is 12.6 Å². The number of nitrogens with zero attached hydrogens (tertiary/aromatic N) is 2. The zero-order chi connectivity index (χ0) is 16.4. The molecule has 0 atom stereocenters. The quantitative estimate of drug-likeness (QED) is 0.624. The highest BCUT2D eigenvalue weighted by atomic mass is 32.2. The van der Waals surface area contributed by atoms with E-state index in [1.807, 2.05) is 67.2 Å². The van der Waals surface area contributed by atoms with Crippen molar-refractivity contribution in [2.45, 2.75) is 6.92 Å². The van der Waals surface area contributed by atoms with Gasteiger partial charge in [-0.3, -0.25) is 9.69 Å². The van der Waals surface area contributed by atoms with E-state index in [2.05, 4.69) is 0 Å². The summed E-state index contributed by atoms with van der Waals surface area (Å²) in [5, 5.41) is 0. The molecule has 1 fully saturated rings. The Balaban J connectivity index is 1.87. The van der Waals surface area contributed by atoms with Crippen LogP contribution < -0.4 is 9.64 Å². The third-order valence-corrected chi connectivity index (χ3v) is 4.76. The topological polar surface area (TPSA) is 34.5 Å². The largest absolute Gasteiger partial charge is 0.494 e. The van der Waals surface area contributed by atoms with Gasteiger partial charge in [0, 0.05) is 18.9 Å². The maximum Gasteiger partial charge on any atom is 0.270 e. The first-order valence-corrected chi connectivity index (χ1v) is 8.45. The number of thioether (sulfide) groups is 1. The van der Waals surface area contributed by atoms with Gasteiger partial charge in [0.1, 0.15) is 5.75 Å². The highest BCUT2D eigenvalue weighted by molar-refractivity contribution is 8.27. The maximum atomic E-state index is 12.7. The summed E-state index contributed by atoms with van der Waals surface area (Å²) in [6, 6.07) is 11.3. The molecule has 6 heteroatoms. The van der Waals surface area contributed by atoms with Crippen molar-refractivity contribution in [3.05, 3.63) is 53.2 Å². The smallest absolute Gasteiger partial charge is 0.270 e. The van der Waals surface area contributed by atoms with Crippen LogP contribution in [-0.4, -0.2) is 21.4 Å². The fraction of sp³-hybridized carbons (Fsp3) is 0.176. The summed E-state index contributed by atoms with van der Waals surface area (Å²) in [7, 11) is 1.94. The van der Waals surface area contributed by atoms with Crippen molar-refractivity contribution in [2.75, 3.05) is 11.5 Å². The maximum absolute atomic E-state index is 12.7. The number of aromatic nitrogens is 1. The summed E-state index contributed by atoms with van der Waals surface area (Å²) in [4.78, 5) is 14.9. The molecular weight excluding hydrogens is 328 g/mol. The first-order chi connectivity index (χ1) is 11.1. The SMILES string of the molecule is CCOc1ccc(N2C(=O)C(=Cc3cccn3C)SC2=S)cc1. The standard InChI is InChI=1S/C17H16N2O2S2/c1-3-21-14-8-6-12(7-9-14)19-16(20)15(23-17(19)22)11-13-5-4-10-18(13)2/h4-11H,3H2,1-2H3. The van der Waals surface area contributed by atoms with Gasteiger partial charge >= 0.3 is 0 Å². The van der Waals surface area contributed by atoms with Gasteiger partial charge in [0.15, 0.2) is 4.32 Å². The van der Waals surface area contributed by atoms with Gasteiger partial charge in [0.2, 0.25) is 0 Å². The number of benzene rings is 1. The van der Waals surface area contributed by atoms with E-state index in [1.165, 1.54) is 11.8 Å². The van der Waals surface area contributed by atoms with Crippen LogP contribution in [0.25, 0.3) is 6.08 Å². The molecular formula is C17H16N2O2S2. The molecule has 0 saturated carbocycles. The third-order valence-electron chi connectivity index (χ3n) is 3.46. The van der Waals surface area contributed by atoms with Gasteiger partial charge in [-0.15, -0.1) is 0 Å². The van der Waals surface area contributed by atoms with E-state index in [4.69, 9.17) is 17.0 Å². The lowest BCUT2D eigenvalue weighted by atomic mass is 10.2. The molecule has 1 aromatic carbocycles. The summed E-state index contributed by atoms with van der Waals surface area (Å²) in [5.41, 5.74) is 1.73. The van der Waals surface area contributed by atoms with Crippen LogP contribution in [0.4, 0.5) is 5.69 Å². The molecule has 1 amide bonds. The Morgan fingerprint density at radius 2 is 2.00 bits per heavy atom. The number of amides is 1. The molecule has 0 unspecified atom stereocenters. The fourth-order valence-electron chi connectivity index (χ4n) is 2.31. The normalized spacial score (nSPS) is 16.4. The molecule has 0 bridgehead atoms. The van der Waals surface area contributed by atoms with Gasteiger partial charge in [-0.25, -0.2) is 0 Å².